The maximum Gasteiger partial charge on any atom is 0.158 e. The Morgan fingerprint density at radius 3 is 2.70 bits per heavy atom. The lowest BCUT2D eigenvalue weighted by Gasteiger charge is -2.36. The minimum Gasteiger partial charge on any atom is -0.353 e. The van der Waals surface area contributed by atoms with Crippen LogP contribution in [0.15, 0.2) is 10.2 Å². The van der Waals surface area contributed by atoms with Gasteiger partial charge in [0.05, 0.1) is 6.10 Å². The number of halogens is 1. The van der Waals surface area contributed by atoms with E-state index < -0.39 is 0 Å². The Balaban J connectivity index is 2.48. The summed E-state index contributed by atoms with van der Waals surface area (Å²) in [5, 5.41) is 0. The van der Waals surface area contributed by atoms with E-state index in [1.807, 2.05) is 0 Å². The van der Waals surface area contributed by atoms with Gasteiger partial charge >= 0.3 is 0 Å². The summed E-state index contributed by atoms with van der Waals surface area (Å²) in [7, 11) is 0. The van der Waals surface area contributed by atoms with Crippen molar-refractivity contribution in [3.63, 3.8) is 0 Å². The fourth-order valence-corrected chi connectivity index (χ4v) is 3.06. The van der Waals surface area contributed by atoms with Crippen LogP contribution in [0.2, 0.25) is 0 Å². The van der Waals surface area contributed by atoms with Gasteiger partial charge in [0.25, 0.3) is 0 Å². The first-order valence-corrected chi connectivity index (χ1v) is 9.38. The average Bonchev–Trinajstić information content (AvgIpc) is 2.44. The molecule has 1 heterocycles. The molecular weight excluding hydrogens is 363 g/mol. The van der Waals surface area contributed by atoms with Crippen LogP contribution in [0.5, 0.6) is 0 Å². The summed E-state index contributed by atoms with van der Waals surface area (Å²) in [6, 6.07) is 0. The molecule has 0 aromatic heterocycles. The third kappa shape index (κ3) is 6.90. The second-order valence-electron chi connectivity index (χ2n) is 6.47. The van der Waals surface area contributed by atoms with Gasteiger partial charge in [0.2, 0.25) is 0 Å². The van der Waals surface area contributed by atoms with E-state index in [9.17, 15) is 0 Å². The van der Waals surface area contributed by atoms with Gasteiger partial charge in [0.1, 0.15) is 0 Å². The number of unbranched alkanes of at least 4 members (excludes halogenated alkanes) is 3. The van der Waals surface area contributed by atoms with Crippen LogP contribution in [0, 0.1) is 5.41 Å². The lowest BCUT2D eigenvalue weighted by molar-refractivity contribution is -0.197. The third-order valence-electron chi connectivity index (χ3n) is 4.13. The molecule has 20 heavy (non-hydrogen) atoms. The lowest BCUT2D eigenvalue weighted by atomic mass is 9.81. The average molecular weight is 394 g/mol. The van der Waals surface area contributed by atoms with Crippen molar-refractivity contribution in [2.24, 2.45) is 5.41 Å². The van der Waals surface area contributed by atoms with E-state index in [-0.39, 0.29) is 17.8 Å². The molecule has 0 aliphatic carbocycles. The molecule has 1 fully saturated rings. The third-order valence-corrected chi connectivity index (χ3v) is 4.54. The van der Waals surface area contributed by atoms with Gasteiger partial charge in [-0.3, -0.25) is 0 Å². The van der Waals surface area contributed by atoms with Crippen molar-refractivity contribution >= 4 is 22.6 Å². The molecule has 3 heteroatoms. The summed E-state index contributed by atoms with van der Waals surface area (Å²) < 4.78 is 14.1. The number of hydrogen-bond donors (Lipinski definition) is 0. The van der Waals surface area contributed by atoms with Gasteiger partial charge in [0.15, 0.2) is 6.29 Å². The predicted octanol–water partition coefficient (Wildman–Crippen LogP) is 5.84. The first kappa shape index (κ1) is 18.4. The van der Waals surface area contributed by atoms with E-state index in [0.29, 0.717) is 0 Å². The number of ether oxygens (including phenoxy) is 2. The van der Waals surface area contributed by atoms with E-state index >= 15 is 0 Å². The van der Waals surface area contributed by atoms with Crippen LogP contribution in [-0.4, -0.2) is 19.0 Å². The van der Waals surface area contributed by atoms with Crippen LogP contribution in [0.25, 0.3) is 0 Å². The molecule has 1 aliphatic rings. The second kappa shape index (κ2) is 10.2. The van der Waals surface area contributed by atoms with Gasteiger partial charge in [-0.2, -0.15) is 0 Å². The molecule has 1 saturated heterocycles. The van der Waals surface area contributed by atoms with Gasteiger partial charge in [-0.1, -0.05) is 69.0 Å². The van der Waals surface area contributed by atoms with E-state index in [1.165, 1.54) is 44.9 Å². The zero-order valence-electron chi connectivity index (χ0n) is 13.4. The summed E-state index contributed by atoms with van der Waals surface area (Å²) in [5.41, 5.74) is 0.177. The molecule has 0 amide bonds. The summed E-state index contributed by atoms with van der Waals surface area (Å²) in [4.78, 5) is 0. The zero-order valence-corrected chi connectivity index (χ0v) is 15.5. The fourth-order valence-electron chi connectivity index (χ4n) is 2.69. The number of hydrogen-bond acceptors (Lipinski definition) is 2. The van der Waals surface area contributed by atoms with Crippen molar-refractivity contribution in [3.8, 4) is 0 Å². The highest BCUT2D eigenvalue weighted by Crippen LogP contribution is 2.33. The van der Waals surface area contributed by atoms with Gasteiger partial charge in [0, 0.05) is 6.61 Å². The van der Waals surface area contributed by atoms with Gasteiger partial charge in [-0.05, 0) is 41.3 Å². The topological polar surface area (TPSA) is 18.5 Å². The van der Waals surface area contributed by atoms with Gasteiger partial charge < -0.3 is 9.47 Å². The summed E-state index contributed by atoms with van der Waals surface area (Å²) in [5.74, 6) is 0. The smallest absolute Gasteiger partial charge is 0.158 e. The van der Waals surface area contributed by atoms with Crippen LogP contribution < -0.4 is 0 Å². The Kier molecular flexibility index (Phi) is 9.38. The van der Waals surface area contributed by atoms with Crippen molar-refractivity contribution < 1.29 is 9.47 Å². The normalized spacial score (nSPS) is 22.3. The van der Waals surface area contributed by atoms with E-state index in [0.717, 1.165) is 13.0 Å². The van der Waals surface area contributed by atoms with Gasteiger partial charge in [-0.15, -0.1) is 0 Å². The highest BCUT2D eigenvalue weighted by Gasteiger charge is 2.31. The molecule has 0 spiro atoms. The Hall–Kier alpha value is 0.390. The first-order chi connectivity index (χ1) is 9.60. The zero-order chi connectivity index (χ0) is 14.8. The van der Waals surface area contributed by atoms with Crippen LogP contribution in [0.1, 0.15) is 72.1 Å². The summed E-state index contributed by atoms with van der Waals surface area (Å²) in [6.45, 7) is 7.75. The van der Waals surface area contributed by atoms with Crippen molar-refractivity contribution in [2.45, 2.75) is 84.5 Å². The van der Waals surface area contributed by atoms with Crippen molar-refractivity contribution in [3.05, 3.63) is 10.2 Å². The molecule has 2 nitrogen and oxygen atoms in total. The fraction of sp³-hybridized carbons (Fsp3) is 0.882. The monoisotopic (exact) mass is 394 g/mol. The summed E-state index contributed by atoms with van der Waals surface area (Å²) in [6.07, 6.45) is 12.3. The van der Waals surface area contributed by atoms with Crippen molar-refractivity contribution in [2.75, 3.05) is 6.61 Å². The SMILES string of the molecule is CCCCCCC(C)(C)C(/C=C/I)OC1CCCCO1. The van der Waals surface area contributed by atoms with Crippen molar-refractivity contribution in [1.82, 2.24) is 0 Å². The van der Waals surface area contributed by atoms with E-state index in [4.69, 9.17) is 9.47 Å². The Bertz CT molecular complexity index is 270. The molecule has 0 bridgehead atoms. The predicted molar refractivity (Wildman–Crippen MR) is 94.2 cm³/mol. The van der Waals surface area contributed by atoms with Crippen LogP contribution in [0.3, 0.4) is 0 Å². The molecule has 1 rings (SSSR count). The highest BCUT2D eigenvalue weighted by atomic mass is 127. The lowest BCUT2D eigenvalue weighted by Crippen LogP contribution is -2.36. The standard InChI is InChI=1S/C17H31IO2/c1-4-5-6-8-12-17(2,3)15(11-13-18)20-16-10-7-9-14-19-16/h11,13,15-16H,4-10,12,14H2,1-3H3/b13-11+. The summed E-state index contributed by atoms with van der Waals surface area (Å²) >= 11 is 2.29. The van der Waals surface area contributed by atoms with E-state index in [2.05, 4.69) is 53.5 Å². The molecule has 1 aliphatic heterocycles. The maximum atomic E-state index is 6.24. The molecule has 0 saturated carbocycles. The largest absolute Gasteiger partial charge is 0.353 e. The quantitative estimate of drug-likeness (QED) is 0.361. The Morgan fingerprint density at radius 2 is 2.10 bits per heavy atom. The molecule has 0 radical (unpaired) electrons. The second-order valence-corrected chi connectivity index (χ2v) is 7.19. The van der Waals surface area contributed by atoms with Crippen LogP contribution in [0.4, 0.5) is 0 Å². The van der Waals surface area contributed by atoms with Crippen LogP contribution >= 0.6 is 22.6 Å². The maximum absolute atomic E-state index is 6.24. The van der Waals surface area contributed by atoms with Crippen molar-refractivity contribution in [1.29, 1.82) is 0 Å². The minimum absolute atomic E-state index is 0.00346. The highest BCUT2D eigenvalue weighted by molar-refractivity contribution is 14.1. The molecule has 118 valence electrons. The Morgan fingerprint density at radius 1 is 1.30 bits per heavy atom. The molecule has 0 N–H and O–H groups in total. The Labute approximate surface area is 138 Å². The molecular formula is C17H31IO2. The number of rotatable bonds is 9. The molecule has 0 aromatic carbocycles. The van der Waals surface area contributed by atoms with Gasteiger partial charge in [-0.25, -0.2) is 0 Å². The first-order valence-electron chi connectivity index (χ1n) is 8.14. The minimum atomic E-state index is -0.00346. The molecule has 2 atom stereocenters. The molecule has 2 unspecified atom stereocenters. The molecule has 0 aromatic rings. The van der Waals surface area contributed by atoms with E-state index in [1.54, 1.807) is 0 Å². The van der Waals surface area contributed by atoms with Crippen LogP contribution in [-0.2, 0) is 9.47 Å².